The van der Waals surface area contributed by atoms with Crippen LogP contribution in [0.2, 0.25) is 0 Å². The molecule has 0 radical (unpaired) electrons. The molecule has 3 nitrogen and oxygen atoms in total. The molecule has 0 unspecified atom stereocenters. The Bertz CT molecular complexity index is 218. The fourth-order valence-electron chi connectivity index (χ4n) is 2.55. The van der Waals surface area contributed by atoms with E-state index >= 15 is 0 Å². The first-order chi connectivity index (χ1) is 8.24. The lowest BCUT2D eigenvalue weighted by atomic mass is 9.86. The van der Waals surface area contributed by atoms with Gasteiger partial charge in [-0.2, -0.15) is 0 Å². The lowest BCUT2D eigenvalue weighted by Gasteiger charge is -2.21. The lowest BCUT2D eigenvalue weighted by molar-refractivity contribution is 0.334. The number of guanidine groups is 1. The van der Waals surface area contributed by atoms with Crippen LogP contribution in [0.5, 0.6) is 0 Å². The molecular formula is C14H29N3. The minimum absolute atomic E-state index is 0.944. The normalized spacial score (nSPS) is 18.2. The van der Waals surface area contributed by atoms with E-state index in [-0.39, 0.29) is 0 Å². The van der Waals surface area contributed by atoms with Crippen LogP contribution in [-0.2, 0) is 0 Å². The molecule has 17 heavy (non-hydrogen) atoms. The van der Waals surface area contributed by atoms with Gasteiger partial charge in [-0.1, -0.05) is 32.1 Å². The molecule has 0 aromatic heterocycles. The SMILES string of the molecule is CCNC(=NCCCC1CCCCC1)N(C)C. The number of aliphatic imine (C=N–C) groups is 1. The Morgan fingerprint density at radius 2 is 1.94 bits per heavy atom. The quantitative estimate of drug-likeness (QED) is 0.454. The van der Waals surface area contributed by atoms with Crippen molar-refractivity contribution in [3.63, 3.8) is 0 Å². The van der Waals surface area contributed by atoms with Crippen LogP contribution in [0.15, 0.2) is 4.99 Å². The molecule has 0 aliphatic heterocycles. The first-order valence-corrected chi connectivity index (χ1v) is 7.19. The zero-order chi connectivity index (χ0) is 12.5. The molecule has 0 atom stereocenters. The second kappa shape index (κ2) is 8.37. The van der Waals surface area contributed by atoms with Crippen molar-refractivity contribution in [2.45, 2.75) is 51.9 Å². The number of nitrogens with zero attached hydrogens (tertiary/aromatic N) is 2. The van der Waals surface area contributed by atoms with Crippen molar-refractivity contribution in [3.05, 3.63) is 0 Å². The highest BCUT2D eigenvalue weighted by atomic mass is 15.3. The van der Waals surface area contributed by atoms with Gasteiger partial charge in [-0.05, 0) is 25.7 Å². The number of rotatable bonds is 5. The fourth-order valence-corrected chi connectivity index (χ4v) is 2.55. The topological polar surface area (TPSA) is 27.6 Å². The van der Waals surface area contributed by atoms with E-state index in [0.29, 0.717) is 0 Å². The summed E-state index contributed by atoms with van der Waals surface area (Å²) in [6.07, 6.45) is 9.89. The molecule has 1 aliphatic carbocycles. The number of nitrogens with one attached hydrogen (secondary N) is 1. The van der Waals surface area contributed by atoms with E-state index in [4.69, 9.17) is 0 Å². The van der Waals surface area contributed by atoms with E-state index < -0.39 is 0 Å². The molecule has 1 fully saturated rings. The lowest BCUT2D eigenvalue weighted by Crippen LogP contribution is -2.36. The second-order valence-electron chi connectivity index (χ2n) is 5.28. The maximum absolute atomic E-state index is 4.63. The summed E-state index contributed by atoms with van der Waals surface area (Å²) in [5, 5.41) is 3.30. The zero-order valence-electron chi connectivity index (χ0n) is 11.8. The molecule has 0 aromatic rings. The third kappa shape index (κ3) is 5.94. The summed E-state index contributed by atoms with van der Waals surface area (Å²) in [5.41, 5.74) is 0. The van der Waals surface area contributed by atoms with Crippen molar-refractivity contribution >= 4 is 5.96 Å². The zero-order valence-corrected chi connectivity index (χ0v) is 11.8. The van der Waals surface area contributed by atoms with E-state index in [9.17, 15) is 0 Å². The van der Waals surface area contributed by atoms with Crippen molar-refractivity contribution in [1.29, 1.82) is 0 Å². The van der Waals surface area contributed by atoms with Gasteiger partial charge in [0.2, 0.25) is 0 Å². The molecule has 0 aromatic carbocycles. The summed E-state index contributed by atoms with van der Waals surface area (Å²) < 4.78 is 0. The number of hydrogen-bond acceptors (Lipinski definition) is 1. The van der Waals surface area contributed by atoms with Crippen molar-refractivity contribution in [2.24, 2.45) is 10.9 Å². The smallest absolute Gasteiger partial charge is 0.193 e. The molecule has 100 valence electrons. The molecule has 1 rings (SSSR count). The Morgan fingerprint density at radius 1 is 1.24 bits per heavy atom. The maximum atomic E-state index is 4.63. The van der Waals surface area contributed by atoms with Crippen molar-refractivity contribution in [3.8, 4) is 0 Å². The van der Waals surface area contributed by atoms with Gasteiger partial charge in [-0.25, -0.2) is 0 Å². The largest absolute Gasteiger partial charge is 0.357 e. The molecule has 0 saturated heterocycles. The third-order valence-electron chi connectivity index (χ3n) is 3.52. The first-order valence-electron chi connectivity index (χ1n) is 7.19. The first kappa shape index (κ1) is 14.3. The van der Waals surface area contributed by atoms with E-state index in [1.54, 1.807) is 0 Å². The van der Waals surface area contributed by atoms with Crippen molar-refractivity contribution in [1.82, 2.24) is 10.2 Å². The van der Waals surface area contributed by atoms with E-state index in [2.05, 4.69) is 22.1 Å². The van der Waals surface area contributed by atoms with Crippen LogP contribution in [0.3, 0.4) is 0 Å². The van der Waals surface area contributed by atoms with Gasteiger partial charge in [0.25, 0.3) is 0 Å². The minimum Gasteiger partial charge on any atom is -0.357 e. The van der Waals surface area contributed by atoms with Gasteiger partial charge in [-0.15, -0.1) is 0 Å². The average molecular weight is 239 g/mol. The summed E-state index contributed by atoms with van der Waals surface area (Å²) in [5.74, 6) is 2.01. The van der Waals surface area contributed by atoms with Crippen LogP contribution in [-0.4, -0.2) is 38.0 Å². The van der Waals surface area contributed by atoms with Crippen LogP contribution in [0.1, 0.15) is 51.9 Å². The highest BCUT2D eigenvalue weighted by Gasteiger charge is 2.12. The highest BCUT2D eigenvalue weighted by Crippen LogP contribution is 2.27. The van der Waals surface area contributed by atoms with Crippen LogP contribution >= 0.6 is 0 Å². The maximum Gasteiger partial charge on any atom is 0.193 e. The molecule has 0 heterocycles. The van der Waals surface area contributed by atoms with Gasteiger partial charge < -0.3 is 10.2 Å². The predicted octanol–water partition coefficient (Wildman–Crippen LogP) is 2.87. The van der Waals surface area contributed by atoms with Gasteiger partial charge in [-0.3, -0.25) is 4.99 Å². The molecule has 3 heteroatoms. The van der Waals surface area contributed by atoms with Crippen molar-refractivity contribution < 1.29 is 0 Å². The van der Waals surface area contributed by atoms with Crippen LogP contribution in [0.25, 0.3) is 0 Å². The van der Waals surface area contributed by atoms with Crippen LogP contribution in [0, 0.1) is 5.92 Å². The Hall–Kier alpha value is -0.730. The Balaban J connectivity index is 2.17. The summed E-state index contributed by atoms with van der Waals surface area (Å²) in [6, 6.07) is 0. The fraction of sp³-hybridized carbons (Fsp3) is 0.929. The Labute approximate surface area is 107 Å². The molecule has 0 bridgehead atoms. The summed E-state index contributed by atoms with van der Waals surface area (Å²) in [4.78, 5) is 6.69. The van der Waals surface area contributed by atoms with Gasteiger partial charge in [0.05, 0.1) is 0 Å². The second-order valence-corrected chi connectivity index (χ2v) is 5.28. The Morgan fingerprint density at radius 3 is 2.53 bits per heavy atom. The van der Waals surface area contributed by atoms with Gasteiger partial charge in [0.15, 0.2) is 5.96 Å². The van der Waals surface area contributed by atoms with Gasteiger partial charge >= 0.3 is 0 Å². The van der Waals surface area contributed by atoms with Crippen LogP contribution < -0.4 is 5.32 Å². The molecule has 1 aliphatic rings. The van der Waals surface area contributed by atoms with Gasteiger partial charge in [0.1, 0.15) is 0 Å². The molecule has 1 saturated carbocycles. The average Bonchev–Trinajstić information content (AvgIpc) is 2.34. The van der Waals surface area contributed by atoms with E-state index in [0.717, 1.165) is 25.0 Å². The summed E-state index contributed by atoms with van der Waals surface area (Å²) in [7, 11) is 4.09. The van der Waals surface area contributed by atoms with E-state index in [1.807, 2.05) is 14.1 Å². The standard InChI is InChI=1S/C14H29N3/c1-4-15-14(17(2)3)16-12-8-11-13-9-6-5-7-10-13/h13H,4-12H2,1-3H3,(H,15,16). The number of hydrogen-bond donors (Lipinski definition) is 1. The molecule has 0 amide bonds. The summed E-state index contributed by atoms with van der Waals surface area (Å²) in [6.45, 7) is 4.03. The molecular weight excluding hydrogens is 210 g/mol. The predicted molar refractivity (Wildman–Crippen MR) is 75.5 cm³/mol. The third-order valence-corrected chi connectivity index (χ3v) is 3.52. The minimum atomic E-state index is 0.944. The Kier molecular flexibility index (Phi) is 7.06. The molecule has 0 spiro atoms. The van der Waals surface area contributed by atoms with Gasteiger partial charge in [0, 0.05) is 27.2 Å². The van der Waals surface area contributed by atoms with Crippen LogP contribution in [0.4, 0.5) is 0 Å². The highest BCUT2D eigenvalue weighted by molar-refractivity contribution is 5.79. The summed E-state index contributed by atoms with van der Waals surface area (Å²) >= 11 is 0. The monoisotopic (exact) mass is 239 g/mol. The van der Waals surface area contributed by atoms with Crippen molar-refractivity contribution in [2.75, 3.05) is 27.2 Å². The molecule has 1 N–H and O–H groups in total. The van der Waals surface area contributed by atoms with E-state index in [1.165, 1.54) is 44.9 Å².